The van der Waals surface area contributed by atoms with E-state index in [2.05, 4.69) is 5.32 Å². The molecular formula is C15H20N2O6. The second kappa shape index (κ2) is 8.23. The molecule has 1 aromatic rings. The topological polar surface area (TPSA) is 130 Å². The van der Waals surface area contributed by atoms with E-state index in [-0.39, 0.29) is 24.4 Å². The lowest BCUT2D eigenvalue weighted by Gasteiger charge is -2.18. The summed E-state index contributed by atoms with van der Waals surface area (Å²) in [7, 11) is 0. The van der Waals surface area contributed by atoms with Crippen molar-refractivity contribution in [3.8, 4) is 0 Å². The van der Waals surface area contributed by atoms with Gasteiger partial charge >= 0.3 is 5.97 Å². The van der Waals surface area contributed by atoms with Crippen LogP contribution < -0.4 is 5.32 Å². The molecule has 126 valence electrons. The molecule has 0 spiro atoms. The first-order valence-electron chi connectivity index (χ1n) is 7.15. The Morgan fingerprint density at radius 2 is 1.83 bits per heavy atom. The van der Waals surface area contributed by atoms with Crippen LogP contribution in [-0.4, -0.2) is 39.2 Å². The van der Waals surface area contributed by atoms with Crippen LogP contribution in [-0.2, 0) is 16.0 Å². The number of carbonyl (C=O) groups excluding carboxylic acids is 1. The number of non-ortho nitro benzene ring substituents is 1. The van der Waals surface area contributed by atoms with Gasteiger partial charge in [0.15, 0.2) is 0 Å². The summed E-state index contributed by atoms with van der Waals surface area (Å²) >= 11 is 0. The number of nitro groups is 1. The molecule has 0 aliphatic rings. The number of nitrogens with zero attached hydrogens (tertiary/aromatic N) is 1. The number of aliphatic hydroxyl groups excluding tert-OH is 1. The van der Waals surface area contributed by atoms with Crippen LogP contribution in [0.1, 0.15) is 25.8 Å². The lowest BCUT2D eigenvalue weighted by Crippen LogP contribution is -2.46. The Morgan fingerprint density at radius 3 is 2.26 bits per heavy atom. The van der Waals surface area contributed by atoms with E-state index in [1.807, 2.05) is 13.8 Å². The van der Waals surface area contributed by atoms with E-state index in [1.54, 1.807) is 0 Å². The van der Waals surface area contributed by atoms with Gasteiger partial charge in [0.05, 0.1) is 4.92 Å². The molecule has 0 radical (unpaired) electrons. The predicted octanol–water partition coefficient (Wildman–Crippen LogP) is 1.11. The SMILES string of the molecule is CC(C)C[C@@H](O)C(=O)N[C@H](Cc1ccc([N+](=O)[O-])cc1)C(=O)O. The Morgan fingerprint density at radius 1 is 1.26 bits per heavy atom. The third-order valence-corrected chi connectivity index (χ3v) is 3.20. The molecule has 0 aliphatic heterocycles. The van der Waals surface area contributed by atoms with Gasteiger partial charge in [-0.3, -0.25) is 14.9 Å². The Hall–Kier alpha value is -2.48. The van der Waals surface area contributed by atoms with Gasteiger partial charge < -0.3 is 15.5 Å². The molecule has 23 heavy (non-hydrogen) atoms. The smallest absolute Gasteiger partial charge is 0.326 e. The lowest BCUT2D eigenvalue weighted by atomic mass is 10.0. The van der Waals surface area contributed by atoms with Crippen molar-refractivity contribution in [1.29, 1.82) is 0 Å². The number of aliphatic carboxylic acids is 1. The minimum atomic E-state index is -1.27. The zero-order valence-corrected chi connectivity index (χ0v) is 12.9. The Balaban J connectivity index is 2.73. The van der Waals surface area contributed by atoms with Gasteiger partial charge in [0.2, 0.25) is 5.91 Å². The van der Waals surface area contributed by atoms with Crippen LogP contribution in [0, 0.1) is 16.0 Å². The number of aliphatic hydroxyl groups is 1. The first-order valence-corrected chi connectivity index (χ1v) is 7.15. The first kappa shape index (κ1) is 18.6. The molecule has 0 aromatic heterocycles. The summed E-state index contributed by atoms with van der Waals surface area (Å²) in [4.78, 5) is 33.1. The van der Waals surface area contributed by atoms with Crippen LogP contribution in [0.4, 0.5) is 5.69 Å². The maximum absolute atomic E-state index is 11.8. The molecule has 3 N–H and O–H groups in total. The monoisotopic (exact) mass is 324 g/mol. The summed E-state index contributed by atoms with van der Waals surface area (Å²) < 4.78 is 0. The quantitative estimate of drug-likeness (QED) is 0.485. The molecule has 0 saturated carbocycles. The van der Waals surface area contributed by atoms with Gasteiger partial charge in [-0.15, -0.1) is 0 Å². The minimum absolute atomic E-state index is 0.0343. The number of nitrogens with one attached hydrogen (secondary N) is 1. The number of carbonyl (C=O) groups is 2. The largest absolute Gasteiger partial charge is 0.480 e. The van der Waals surface area contributed by atoms with Gasteiger partial charge in [0.1, 0.15) is 12.1 Å². The molecule has 8 heteroatoms. The molecule has 1 rings (SSSR count). The van der Waals surface area contributed by atoms with E-state index >= 15 is 0 Å². The fraction of sp³-hybridized carbons (Fsp3) is 0.467. The summed E-state index contributed by atoms with van der Waals surface area (Å²) in [5, 5.41) is 31.8. The summed E-state index contributed by atoms with van der Waals surface area (Å²) in [5.74, 6) is -1.89. The molecular weight excluding hydrogens is 304 g/mol. The average molecular weight is 324 g/mol. The maximum Gasteiger partial charge on any atom is 0.326 e. The molecule has 0 aliphatic carbocycles. The lowest BCUT2D eigenvalue weighted by molar-refractivity contribution is -0.384. The molecule has 1 amide bonds. The number of nitro benzene ring substituents is 1. The number of hydrogen-bond acceptors (Lipinski definition) is 5. The zero-order chi connectivity index (χ0) is 17.6. The number of carboxylic acid groups (broad SMARTS) is 1. The highest BCUT2D eigenvalue weighted by Gasteiger charge is 2.24. The summed E-state index contributed by atoms with van der Waals surface area (Å²) in [5.41, 5.74) is 0.429. The van der Waals surface area contributed by atoms with Crippen molar-refractivity contribution in [3.63, 3.8) is 0 Å². The third-order valence-electron chi connectivity index (χ3n) is 3.20. The molecule has 0 bridgehead atoms. The van der Waals surface area contributed by atoms with Crippen LogP contribution in [0.15, 0.2) is 24.3 Å². The fourth-order valence-electron chi connectivity index (χ4n) is 2.01. The highest BCUT2D eigenvalue weighted by atomic mass is 16.6. The van der Waals surface area contributed by atoms with E-state index in [1.165, 1.54) is 24.3 Å². The first-order chi connectivity index (χ1) is 10.7. The molecule has 2 atom stereocenters. The summed E-state index contributed by atoms with van der Waals surface area (Å²) in [6.07, 6.45) is -1.07. The van der Waals surface area contributed by atoms with Crippen molar-refractivity contribution < 1.29 is 24.7 Å². The van der Waals surface area contributed by atoms with Gasteiger partial charge in [0.25, 0.3) is 5.69 Å². The Labute approximate surface area is 133 Å². The summed E-state index contributed by atoms with van der Waals surface area (Å²) in [6.45, 7) is 3.67. The summed E-state index contributed by atoms with van der Waals surface area (Å²) in [6, 6.07) is 4.19. The predicted molar refractivity (Wildman–Crippen MR) is 81.8 cm³/mol. The highest BCUT2D eigenvalue weighted by Crippen LogP contribution is 2.13. The van der Waals surface area contributed by atoms with E-state index < -0.39 is 28.9 Å². The number of benzene rings is 1. The van der Waals surface area contributed by atoms with Crippen molar-refractivity contribution in [3.05, 3.63) is 39.9 Å². The van der Waals surface area contributed by atoms with Gasteiger partial charge in [-0.1, -0.05) is 26.0 Å². The normalized spacial score (nSPS) is 13.4. The average Bonchev–Trinajstić information content (AvgIpc) is 2.46. The number of hydrogen-bond donors (Lipinski definition) is 3. The van der Waals surface area contributed by atoms with Gasteiger partial charge in [-0.05, 0) is 17.9 Å². The van der Waals surface area contributed by atoms with Gasteiger partial charge in [-0.25, -0.2) is 4.79 Å². The second-order valence-corrected chi connectivity index (χ2v) is 5.67. The van der Waals surface area contributed by atoms with E-state index in [9.17, 15) is 29.9 Å². The van der Waals surface area contributed by atoms with E-state index in [0.29, 0.717) is 5.56 Å². The highest BCUT2D eigenvalue weighted by molar-refractivity contribution is 5.86. The second-order valence-electron chi connectivity index (χ2n) is 5.67. The standard InChI is InChI=1S/C15H20N2O6/c1-9(2)7-13(18)14(19)16-12(15(20)21)8-10-3-5-11(6-4-10)17(22)23/h3-6,9,12-13,18H,7-8H2,1-2H3,(H,16,19)(H,20,21)/t12-,13-/m1/s1. The molecule has 0 heterocycles. The van der Waals surface area contributed by atoms with Crippen molar-refractivity contribution in [2.75, 3.05) is 0 Å². The number of amides is 1. The number of rotatable bonds is 8. The molecule has 0 unspecified atom stereocenters. The van der Waals surface area contributed by atoms with Crippen molar-refractivity contribution in [1.82, 2.24) is 5.32 Å². The van der Waals surface area contributed by atoms with Crippen LogP contribution in [0.2, 0.25) is 0 Å². The fourth-order valence-corrected chi connectivity index (χ4v) is 2.01. The van der Waals surface area contributed by atoms with Gasteiger partial charge in [0, 0.05) is 18.6 Å². The van der Waals surface area contributed by atoms with E-state index in [0.717, 1.165) is 0 Å². The molecule has 0 saturated heterocycles. The van der Waals surface area contributed by atoms with E-state index in [4.69, 9.17) is 0 Å². The van der Waals surface area contributed by atoms with Crippen molar-refractivity contribution in [2.24, 2.45) is 5.92 Å². The molecule has 1 aromatic carbocycles. The third kappa shape index (κ3) is 6.03. The molecule has 0 fully saturated rings. The zero-order valence-electron chi connectivity index (χ0n) is 12.9. The van der Waals surface area contributed by atoms with Crippen molar-refractivity contribution >= 4 is 17.6 Å². The maximum atomic E-state index is 11.8. The Kier molecular flexibility index (Phi) is 6.65. The van der Waals surface area contributed by atoms with Crippen LogP contribution in [0.3, 0.4) is 0 Å². The Bertz CT molecular complexity index is 570. The number of carboxylic acids is 1. The minimum Gasteiger partial charge on any atom is -0.480 e. The molecule has 8 nitrogen and oxygen atoms in total. The van der Waals surface area contributed by atoms with Crippen LogP contribution in [0.5, 0.6) is 0 Å². The van der Waals surface area contributed by atoms with Gasteiger partial charge in [-0.2, -0.15) is 0 Å². The van der Waals surface area contributed by atoms with Crippen molar-refractivity contribution in [2.45, 2.75) is 38.8 Å². The van der Waals surface area contributed by atoms with Crippen LogP contribution >= 0.6 is 0 Å². The van der Waals surface area contributed by atoms with Crippen LogP contribution in [0.25, 0.3) is 0 Å².